The van der Waals surface area contributed by atoms with E-state index in [1.54, 1.807) is 7.11 Å². The Bertz CT molecular complexity index is 528. The number of ether oxygens (including phenoxy) is 1. The minimum Gasteiger partial charge on any atom is -0.495 e. The zero-order chi connectivity index (χ0) is 13.7. The average molecular weight is 276 g/mol. The van der Waals surface area contributed by atoms with Crippen LogP contribution in [0.5, 0.6) is 5.75 Å². The summed E-state index contributed by atoms with van der Waals surface area (Å²) in [6.45, 7) is 3.04. The SMILES string of the molecule is COc1ccc(C(C)CNc2ccccc2)cc1Cl. The van der Waals surface area contributed by atoms with Gasteiger partial charge in [0.1, 0.15) is 5.75 Å². The number of halogens is 1. The van der Waals surface area contributed by atoms with Crippen molar-refractivity contribution in [3.63, 3.8) is 0 Å². The third-order valence-electron chi connectivity index (χ3n) is 3.13. The van der Waals surface area contributed by atoms with Gasteiger partial charge in [0.25, 0.3) is 0 Å². The van der Waals surface area contributed by atoms with Gasteiger partial charge in [0.2, 0.25) is 0 Å². The van der Waals surface area contributed by atoms with Crippen LogP contribution < -0.4 is 10.1 Å². The molecule has 1 unspecified atom stereocenters. The van der Waals surface area contributed by atoms with Crippen LogP contribution in [0.15, 0.2) is 48.5 Å². The maximum Gasteiger partial charge on any atom is 0.137 e. The van der Waals surface area contributed by atoms with Crippen LogP contribution in [0.2, 0.25) is 5.02 Å². The maximum absolute atomic E-state index is 6.15. The summed E-state index contributed by atoms with van der Waals surface area (Å²) in [5, 5.41) is 4.08. The van der Waals surface area contributed by atoms with Crippen molar-refractivity contribution in [2.75, 3.05) is 19.0 Å². The Morgan fingerprint density at radius 2 is 1.89 bits per heavy atom. The predicted molar refractivity (Wildman–Crippen MR) is 81.4 cm³/mol. The molecule has 0 saturated heterocycles. The van der Waals surface area contributed by atoms with Gasteiger partial charge in [0, 0.05) is 12.2 Å². The number of benzene rings is 2. The van der Waals surface area contributed by atoms with Crippen LogP contribution in [0.25, 0.3) is 0 Å². The van der Waals surface area contributed by atoms with Gasteiger partial charge < -0.3 is 10.1 Å². The highest BCUT2D eigenvalue weighted by Gasteiger charge is 2.08. The Labute approximate surface area is 119 Å². The lowest BCUT2D eigenvalue weighted by Gasteiger charge is -2.15. The summed E-state index contributed by atoms with van der Waals surface area (Å²) in [5.41, 5.74) is 2.34. The molecular formula is C16H18ClNO. The van der Waals surface area contributed by atoms with Crippen LogP contribution in [0.4, 0.5) is 5.69 Å². The van der Waals surface area contributed by atoms with Crippen molar-refractivity contribution in [2.24, 2.45) is 0 Å². The molecule has 2 rings (SSSR count). The maximum atomic E-state index is 6.15. The fourth-order valence-electron chi connectivity index (χ4n) is 1.93. The summed E-state index contributed by atoms with van der Waals surface area (Å²) in [5.74, 6) is 1.09. The zero-order valence-corrected chi connectivity index (χ0v) is 11.9. The first-order valence-corrected chi connectivity index (χ1v) is 6.71. The minimum absolute atomic E-state index is 0.378. The van der Waals surface area contributed by atoms with Crippen molar-refractivity contribution in [3.05, 3.63) is 59.1 Å². The molecule has 1 N–H and O–H groups in total. The summed E-state index contributed by atoms with van der Waals surface area (Å²) in [4.78, 5) is 0. The highest BCUT2D eigenvalue weighted by atomic mass is 35.5. The van der Waals surface area contributed by atoms with Gasteiger partial charge in [-0.1, -0.05) is 42.8 Å². The van der Waals surface area contributed by atoms with Gasteiger partial charge >= 0.3 is 0 Å². The monoisotopic (exact) mass is 275 g/mol. The van der Waals surface area contributed by atoms with Crippen molar-refractivity contribution >= 4 is 17.3 Å². The fourth-order valence-corrected chi connectivity index (χ4v) is 2.20. The van der Waals surface area contributed by atoms with E-state index in [2.05, 4.69) is 30.4 Å². The molecule has 0 aliphatic rings. The number of anilines is 1. The van der Waals surface area contributed by atoms with Gasteiger partial charge in [-0.25, -0.2) is 0 Å². The molecular weight excluding hydrogens is 258 g/mol. The smallest absolute Gasteiger partial charge is 0.137 e. The lowest BCUT2D eigenvalue weighted by Crippen LogP contribution is -2.09. The highest BCUT2D eigenvalue weighted by molar-refractivity contribution is 6.32. The van der Waals surface area contributed by atoms with Crippen molar-refractivity contribution in [1.29, 1.82) is 0 Å². The van der Waals surface area contributed by atoms with Gasteiger partial charge in [0.05, 0.1) is 12.1 Å². The Morgan fingerprint density at radius 1 is 1.16 bits per heavy atom. The van der Waals surface area contributed by atoms with E-state index in [0.29, 0.717) is 16.7 Å². The quantitative estimate of drug-likeness (QED) is 0.863. The molecule has 2 nitrogen and oxygen atoms in total. The molecule has 3 heteroatoms. The number of hydrogen-bond acceptors (Lipinski definition) is 2. The van der Waals surface area contributed by atoms with Crippen LogP contribution in [0.1, 0.15) is 18.4 Å². The molecule has 2 aromatic carbocycles. The van der Waals surface area contributed by atoms with Gasteiger partial charge in [0.15, 0.2) is 0 Å². The van der Waals surface area contributed by atoms with Gasteiger partial charge in [-0.2, -0.15) is 0 Å². The third kappa shape index (κ3) is 3.65. The number of rotatable bonds is 5. The Morgan fingerprint density at radius 3 is 2.53 bits per heavy atom. The van der Waals surface area contributed by atoms with Crippen LogP contribution >= 0.6 is 11.6 Å². The van der Waals surface area contributed by atoms with Crippen molar-refractivity contribution in [3.8, 4) is 5.75 Å². The van der Waals surface area contributed by atoms with E-state index in [1.165, 1.54) is 5.56 Å². The minimum atomic E-state index is 0.378. The molecule has 0 bridgehead atoms. The molecule has 0 spiro atoms. The zero-order valence-electron chi connectivity index (χ0n) is 11.2. The molecule has 0 aliphatic heterocycles. The second-order valence-electron chi connectivity index (χ2n) is 4.54. The van der Waals surface area contributed by atoms with E-state index in [0.717, 1.165) is 12.2 Å². The fraction of sp³-hybridized carbons (Fsp3) is 0.250. The number of hydrogen-bond donors (Lipinski definition) is 1. The molecule has 1 atom stereocenters. The van der Waals surface area contributed by atoms with Crippen LogP contribution in [0, 0.1) is 0 Å². The highest BCUT2D eigenvalue weighted by Crippen LogP contribution is 2.28. The van der Waals surface area contributed by atoms with Crippen LogP contribution in [0.3, 0.4) is 0 Å². The Balaban J connectivity index is 2.00. The van der Waals surface area contributed by atoms with Crippen molar-refractivity contribution < 1.29 is 4.74 Å². The van der Waals surface area contributed by atoms with Gasteiger partial charge in [-0.15, -0.1) is 0 Å². The Hall–Kier alpha value is -1.67. The predicted octanol–water partition coefficient (Wildman–Crippen LogP) is 4.56. The van der Waals surface area contributed by atoms with Gasteiger partial charge in [-0.3, -0.25) is 0 Å². The van der Waals surface area contributed by atoms with Crippen molar-refractivity contribution in [1.82, 2.24) is 0 Å². The Kier molecular flexibility index (Phi) is 4.69. The normalized spacial score (nSPS) is 11.9. The van der Waals surface area contributed by atoms with E-state index in [4.69, 9.17) is 16.3 Å². The summed E-state index contributed by atoms with van der Waals surface area (Å²) in [6, 6.07) is 16.1. The molecule has 0 aliphatic carbocycles. The number of methoxy groups -OCH3 is 1. The average Bonchev–Trinajstić information content (AvgIpc) is 2.45. The topological polar surface area (TPSA) is 21.3 Å². The van der Waals surface area contributed by atoms with E-state index in [9.17, 15) is 0 Å². The molecule has 19 heavy (non-hydrogen) atoms. The van der Waals surface area contributed by atoms with Crippen LogP contribution in [-0.4, -0.2) is 13.7 Å². The molecule has 100 valence electrons. The first-order chi connectivity index (χ1) is 9.20. The summed E-state index contributed by atoms with van der Waals surface area (Å²) < 4.78 is 5.16. The molecule has 0 amide bonds. The van der Waals surface area contributed by atoms with E-state index in [1.807, 2.05) is 30.3 Å². The first kappa shape index (κ1) is 13.8. The standard InChI is InChI=1S/C16H18ClNO/c1-12(11-18-14-6-4-3-5-7-14)13-8-9-16(19-2)15(17)10-13/h3-10,12,18H,11H2,1-2H3. The molecule has 0 radical (unpaired) electrons. The summed E-state index contributed by atoms with van der Waals surface area (Å²) in [7, 11) is 1.63. The van der Waals surface area contributed by atoms with E-state index >= 15 is 0 Å². The summed E-state index contributed by atoms with van der Waals surface area (Å²) in [6.07, 6.45) is 0. The van der Waals surface area contributed by atoms with Crippen molar-refractivity contribution in [2.45, 2.75) is 12.8 Å². The second kappa shape index (κ2) is 6.48. The van der Waals surface area contributed by atoms with Crippen LogP contribution in [-0.2, 0) is 0 Å². The lowest BCUT2D eigenvalue weighted by molar-refractivity contribution is 0.415. The number of nitrogens with one attached hydrogen (secondary N) is 1. The van der Waals surface area contributed by atoms with E-state index in [-0.39, 0.29) is 0 Å². The first-order valence-electron chi connectivity index (χ1n) is 6.33. The molecule has 2 aromatic rings. The third-order valence-corrected chi connectivity index (χ3v) is 3.43. The lowest BCUT2D eigenvalue weighted by atomic mass is 10.0. The van der Waals surface area contributed by atoms with E-state index < -0.39 is 0 Å². The molecule has 0 fully saturated rings. The number of para-hydroxylation sites is 1. The summed E-state index contributed by atoms with van der Waals surface area (Å²) >= 11 is 6.15. The molecule has 0 saturated carbocycles. The molecule has 0 heterocycles. The molecule has 0 aromatic heterocycles. The second-order valence-corrected chi connectivity index (χ2v) is 4.95. The van der Waals surface area contributed by atoms with Gasteiger partial charge in [-0.05, 0) is 35.7 Å². The largest absolute Gasteiger partial charge is 0.495 e.